The second kappa shape index (κ2) is 7.96. The lowest BCUT2D eigenvalue weighted by atomic mass is 10.0. The molecule has 3 rings (SSSR count). The summed E-state index contributed by atoms with van der Waals surface area (Å²) in [6.45, 7) is 5.97. The van der Waals surface area contributed by atoms with Crippen molar-refractivity contribution in [2.24, 2.45) is 0 Å². The Hall–Kier alpha value is -2.63. The molecule has 25 heavy (non-hydrogen) atoms. The summed E-state index contributed by atoms with van der Waals surface area (Å²) in [5.74, 6) is 1.68. The van der Waals surface area contributed by atoms with Crippen molar-refractivity contribution in [2.75, 3.05) is 25.0 Å². The normalized spacial score (nSPS) is 15.0. The Bertz CT molecular complexity index is 710. The largest absolute Gasteiger partial charge is 0.494 e. The number of carbonyl (C=O) groups is 1. The number of aryl methyl sites for hydroxylation is 1. The van der Waals surface area contributed by atoms with Crippen molar-refractivity contribution in [3.63, 3.8) is 0 Å². The van der Waals surface area contributed by atoms with E-state index in [2.05, 4.69) is 15.3 Å². The van der Waals surface area contributed by atoms with Crippen molar-refractivity contribution in [3.8, 4) is 5.75 Å². The van der Waals surface area contributed by atoms with E-state index in [0.717, 1.165) is 43.2 Å². The summed E-state index contributed by atoms with van der Waals surface area (Å²) in [6, 6.07) is 7.68. The molecule has 0 aliphatic carbocycles. The van der Waals surface area contributed by atoms with Crippen LogP contribution in [-0.2, 0) is 0 Å². The maximum atomic E-state index is 12.6. The molecule has 1 aliphatic heterocycles. The second-order valence-electron chi connectivity index (χ2n) is 6.21. The second-order valence-corrected chi connectivity index (χ2v) is 6.21. The Morgan fingerprint density at radius 3 is 2.60 bits per heavy atom. The zero-order valence-corrected chi connectivity index (χ0v) is 14.7. The van der Waals surface area contributed by atoms with Crippen LogP contribution in [0, 0.1) is 6.92 Å². The van der Waals surface area contributed by atoms with Crippen LogP contribution in [0.15, 0.2) is 36.7 Å². The number of hydrogen-bond acceptors (Lipinski definition) is 5. The van der Waals surface area contributed by atoms with E-state index in [0.29, 0.717) is 18.2 Å². The molecule has 2 aromatic rings. The Balaban J connectivity index is 1.53. The lowest BCUT2D eigenvalue weighted by Gasteiger charge is -2.32. The van der Waals surface area contributed by atoms with Crippen LogP contribution >= 0.6 is 0 Å². The molecule has 1 saturated heterocycles. The molecule has 2 heterocycles. The highest BCUT2D eigenvalue weighted by Crippen LogP contribution is 2.19. The first-order valence-electron chi connectivity index (χ1n) is 8.73. The van der Waals surface area contributed by atoms with Crippen LogP contribution in [-0.4, -0.2) is 46.5 Å². The number of likely N-dealkylation sites (tertiary alicyclic amines) is 1. The highest BCUT2D eigenvalue weighted by molar-refractivity contribution is 5.94. The van der Waals surface area contributed by atoms with E-state index in [9.17, 15) is 4.79 Å². The summed E-state index contributed by atoms with van der Waals surface area (Å²) in [5.41, 5.74) is 1.60. The Morgan fingerprint density at radius 1 is 1.24 bits per heavy atom. The SMILES string of the molecule is CCOc1ccc(C(=O)N2CCC(Nc3cncc(C)n3)CC2)cc1. The number of amides is 1. The van der Waals surface area contributed by atoms with E-state index in [4.69, 9.17) is 4.74 Å². The molecule has 0 bridgehead atoms. The van der Waals surface area contributed by atoms with Gasteiger partial charge in [-0.3, -0.25) is 9.78 Å². The minimum absolute atomic E-state index is 0.0804. The molecule has 1 amide bonds. The summed E-state index contributed by atoms with van der Waals surface area (Å²) in [7, 11) is 0. The van der Waals surface area contributed by atoms with Gasteiger partial charge in [0.1, 0.15) is 11.6 Å². The first-order valence-corrected chi connectivity index (χ1v) is 8.73. The van der Waals surface area contributed by atoms with Crippen molar-refractivity contribution in [1.82, 2.24) is 14.9 Å². The highest BCUT2D eigenvalue weighted by Gasteiger charge is 2.23. The van der Waals surface area contributed by atoms with Gasteiger partial charge in [0.25, 0.3) is 5.91 Å². The number of benzene rings is 1. The molecule has 1 aliphatic rings. The smallest absolute Gasteiger partial charge is 0.253 e. The Labute approximate surface area is 148 Å². The molecule has 0 atom stereocenters. The molecule has 6 nitrogen and oxygen atoms in total. The van der Waals surface area contributed by atoms with Crippen molar-refractivity contribution in [2.45, 2.75) is 32.7 Å². The predicted octanol–water partition coefficient (Wildman–Crippen LogP) is 2.90. The third-order valence-corrected chi connectivity index (χ3v) is 4.30. The third-order valence-electron chi connectivity index (χ3n) is 4.30. The molecule has 0 radical (unpaired) electrons. The van der Waals surface area contributed by atoms with E-state index < -0.39 is 0 Å². The number of ether oxygens (including phenoxy) is 1. The topological polar surface area (TPSA) is 67.3 Å². The fourth-order valence-corrected chi connectivity index (χ4v) is 3.01. The monoisotopic (exact) mass is 340 g/mol. The summed E-state index contributed by atoms with van der Waals surface area (Å²) < 4.78 is 5.42. The fourth-order valence-electron chi connectivity index (χ4n) is 3.01. The molecule has 1 aromatic heterocycles. The number of anilines is 1. The fraction of sp³-hybridized carbons (Fsp3) is 0.421. The molecular weight excluding hydrogens is 316 g/mol. The molecule has 1 aromatic carbocycles. The average molecular weight is 340 g/mol. The summed E-state index contributed by atoms with van der Waals surface area (Å²) in [4.78, 5) is 23.1. The molecule has 1 fully saturated rings. The number of nitrogens with zero attached hydrogens (tertiary/aromatic N) is 3. The molecule has 0 spiro atoms. The Kier molecular flexibility index (Phi) is 5.48. The quantitative estimate of drug-likeness (QED) is 0.906. The van der Waals surface area contributed by atoms with Gasteiger partial charge >= 0.3 is 0 Å². The van der Waals surface area contributed by atoms with E-state index in [1.54, 1.807) is 12.4 Å². The number of piperidine rings is 1. The lowest BCUT2D eigenvalue weighted by Crippen LogP contribution is -2.42. The molecule has 132 valence electrons. The van der Waals surface area contributed by atoms with Crippen LogP contribution in [0.5, 0.6) is 5.75 Å². The lowest BCUT2D eigenvalue weighted by molar-refractivity contribution is 0.0718. The third kappa shape index (κ3) is 4.47. The first kappa shape index (κ1) is 17.2. The standard InChI is InChI=1S/C19H24N4O2/c1-3-25-17-6-4-15(5-7-17)19(24)23-10-8-16(9-11-23)22-18-13-20-12-14(2)21-18/h4-7,12-13,16H,3,8-11H2,1-2H3,(H,21,22). The molecule has 0 saturated carbocycles. The zero-order valence-electron chi connectivity index (χ0n) is 14.7. The number of aromatic nitrogens is 2. The molecule has 1 N–H and O–H groups in total. The number of carbonyl (C=O) groups excluding carboxylic acids is 1. The van der Waals surface area contributed by atoms with Gasteiger partial charge < -0.3 is 15.0 Å². The first-order chi connectivity index (χ1) is 12.2. The highest BCUT2D eigenvalue weighted by atomic mass is 16.5. The summed E-state index contributed by atoms with van der Waals surface area (Å²) >= 11 is 0. The van der Waals surface area contributed by atoms with Gasteiger partial charge in [-0.05, 0) is 51.0 Å². The number of nitrogens with one attached hydrogen (secondary N) is 1. The molecule has 6 heteroatoms. The minimum atomic E-state index is 0.0804. The maximum absolute atomic E-state index is 12.6. The van der Waals surface area contributed by atoms with Gasteiger partial charge in [-0.15, -0.1) is 0 Å². The Morgan fingerprint density at radius 2 is 1.96 bits per heavy atom. The summed E-state index contributed by atoms with van der Waals surface area (Å²) in [6.07, 6.45) is 5.28. The van der Waals surface area contributed by atoms with Gasteiger partial charge in [0.05, 0.1) is 18.5 Å². The minimum Gasteiger partial charge on any atom is -0.494 e. The average Bonchev–Trinajstić information content (AvgIpc) is 2.63. The van der Waals surface area contributed by atoms with Crippen molar-refractivity contribution in [1.29, 1.82) is 0 Å². The van der Waals surface area contributed by atoms with Gasteiger partial charge in [-0.25, -0.2) is 4.98 Å². The van der Waals surface area contributed by atoms with Crippen LogP contribution in [0.25, 0.3) is 0 Å². The van der Waals surface area contributed by atoms with Gasteiger partial charge in [0, 0.05) is 30.9 Å². The van der Waals surface area contributed by atoms with Crippen LogP contribution in [0.4, 0.5) is 5.82 Å². The van der Waals surface area contributed by atoms with E-state index in [-0.39, 0.29) is 5.91 Å². The summed E-state index contributed by atoms with van der Waals surface area (Å²) in [5, 5.41) is 3.41. The van der Waals surface area contributed by atoms with Gasteiger partial charge in [-0.2, -0.15) is 0 Å². The van der Waals surface area contributed by atoms with E-state index in [1.165, 1.54) is 0 Å². The van der Waals surface area contributed by atoms with Crippen LogP contribution < -0.4 is 10.1 Å². The van der Waals surface area contributed by atoms with Gasteiger partial charge in [0.15, 0.2) is 0 Å². The molecular formula is C19H24N4O2. The van der Waals surface area contributed by atoms with Crippen LogP contribution in [0.3, 0.4) is 0 Å². The van der Waals surface area contributed by atoms with Gasteiger partial charge in [-0.1, -0.05) is 0 Å². The predicted molar refractivity (Wildman–Crippen MR) is 96.9 cm³/mol. The van der Waals surface area contributed by atoms with Crippen LogP contribution in [0.1, 0.15) is 35.8 Å². The van der Waals surface area contributed by atoms with Crippen molar-refractivity contribution in [3.05, 3.63) is 47.9 Å². The van der Waals surface area contributed by atoms with Gasteiger partial charge in [0.2, 0.25) is 0 Å². The number of rotatable bonds is 5. The van der Waals surface area contributed by atoms with E-state index >= 15 is 0 Å². The molecule has 0 unspecified atom stereocenters. The maximum Gasteiger partial charge on any atom is 0.253 e. The van der Waals surface area contributed by atoms with Crippen molar-refractivity contribution >= 4 is 11.7 Å². The van der Waals surface area contributed by atoms with Crippen molar-refractivity contribution < 1.29 is 9.53 Å². The zero-order chi connectivity index (χ0) is 17.6. The van der Waals surface area contributed by atoms with E-state index in [1.807, 2.05) is 43.0 Å². The van der Waals surface area contributed by atoms with Crippen LogP contribution in [0.2, 0.25) is 0 Å². The number of hydrogen-bond donors (Lipinski definition) is 1.